The predicted molar refractivity (Wildman–Crippen MR) is 192 cm³/mol. The molecule has 5 heteroatoms. The standard InChI is InChI=1S/C40H63N3O2/c1-4-5-6-7-8-9-10-11-12-13-14-15-16-17-18-21-39(44)41-31-20-33-43(34-42-32-19-22-40(42)45,37-27-23-35(2)24-28-37)38-29-25-36(3)26-30-38/h23-30H,4-22,31-34H2,1-3H3/p+1. The number of hydrogen-bond donors (Lipinski definition) is 1. The molecule has 0 atom stereocenters. The summed E-state index contributed by atoms with van der Waals surface area (Å²) in [6.07, 6.45) is 23.0. The number of carbonyl (C=O) groups is 2. The first-order chi connectivity index (χ1) is 21.9. The summed E-state index contributed by atoms with van der Waals surface area (Å²) in [6, 6.07) is 17.5. The number of unbranched alkanes of at least 4 members (excludes halogenated alkanes) is 14. The van der Waals surface area contributed by atoms with Gasteiger partial charge >= 0.3 is 0 Å². The molecule has 0 saturated carbocycles. The summed E-state index contributed by atoms with van der Waals surface area (Å²) >= 11 is 0. The molecule has 0 aromatic heterocycles. The molecule has 0 radical (unpaired) electrons. The molecule has 0 aliphatic carbocycles. The summed E-state index contributed by atoms with van der Waals surface area (Å²) in [5.74, 6) is 0.414. The van der Waals surface area contributed by atoms with Crippen LogP contribution in [0.3, 0.4) is 0 Å². The predicted octanol–water partition coefficient (Wildman–Crippen LogP) is 10.3. The second kappa shape index (κ2) is 21.2. The van der Waals surface area contributed by atoms with E-state index >= 15 is 0 Å². The van der Waals surface area contributed by atoms with Crippen LogP contribution in [0.4, 0.5) is 11.4 Å². The number of rotatable bonds is 24. The molecule has 2 aromatic rings. The monoisotopic (exact) mass is 618 g/mol. The highest BCUT2D eigenvalue weighted by atomic mass is 16.2. The van der Waals surface area contributed by atoms with E-state index in [2.05, 4.69) is 74.6 Å². The van der Waals surface area contributed by atoms with Gasteiger partial charge < -0.3 is 5.32 Å². The van der Waals surface area contributed by atoms with Gasteiger partial charge in [-0.05, 0) is 51.0 Å². The Balaban J connectivity index is 1.38. The minimum absolute atomic E-state index is 0.170. The van der Waals surface area contributed by atoms with Crippen LogP contribution in [-0.2, 0) is 9.59 Å². The highest BCUT2D eigenvalue weighted by Gasteiger charge is 2.38. The second-order valence-electron chi connectivity index (χ2n) is 13.7. The Labute approximate surface area is 275 Å². The van der Waals surface area contributed by atoms with Crippen LogP contribution >= 0.6 is 0 Å². The number of likely N-dealkylation sites (tertiary alicyclic amines) is 1. The molecule has 1 aliphatic heterocycles. The summed E-state index contributed by atoms with van der Waals surface area (Å²) in [6.45, 7) is 9.42. The maximum Gasteiger partial charge on any atom is 0.226 e. The molecule has 1 saturated heterocycles. The molecule has 5 nitrogen and oxygen atoms in total. The summed E-state index contributed by atoms with van der Waals surface area (Å²) in [5.41, 5.74) is 4.83. The Hall–Kier alpha value is -2.66. The van der Waals surface area contributed by atoms with E-state index in [0.717, 1.165) is 38.8 Å². The van der Waals surface area contributed by atoms with Crippen molar-refractivity contribution in [3.8, 4) is 0 Å². The van der Waals surface area contributed by atoms with Crippen LogP contribution in [0.5, 0.6) is 0 Å². The molecule has 1 aliphatic rings. The lowest BCUT2D eigenvalue weighted by molar-refractivity contribution is -0.129. The van der Waals surface area contributed by atoms with Gasteiger partial charge in [0.15, 0.2) is 6.67 Å². The number of carbonyl (C=O) groups excluding carboxylic acids is 2. The molecule has 0 spiro atoms. The lowest BCUT2D eigenvalue weighted by atomic mass is 10.0. The molecule has 3 rings (SSSR count). The number of quaternary nitrogens is 1. The maximum atomic E-state index is 12.8. The number of nitrogens with zero attached hydrogens (tertiary/aromatic N) is 2. The zero-order valence-electron chi connectivity index (χ0n) is 29.1. The van der Waals surface area contributed by atoms with E-state index in [1.54, 1.807) is 0 Å². The van der Waals surface area contributed by atoms with Gasteiger partial charge in [0.05, 0.1) is 6.54 Å². The van der Waals surface area contributed by atoms with E-state index in [9.17, 15) is 9.59 Å². The lowest BCUT2D eigenvalue weighted by Crippen LogP contribution is -2.53. The van der Waals surface area contributed by atoms with Crippen molar-refractivity contribution < 1.29 is 9.59 Å². The summed E-state index contributed by atoms with van der Waals surface area (Å²) < 4.78 is 0.585. The summed E-state index contributed by atoms with van der Waals surface area (Å²) in [7, 11) is 0. The Morgan fingerprint density at radius 1 is 0.689 bits per heavy atom. The van der Waals surface area contributed by atoms with Crippen LogP contribution in [0.1, 0.15) is 140 Å². The maximum absolute atomic E-state index is 12.8. The molecule has 2 amide bonds. The number of benzene rings is 2. The van der Waals surface area contributed by atoms with Crippen LogP contribution in [0.2, 0.25) is 0 Å². The second-order valence-corrected chi connectivity index (χ2v) is 13.7. The van der Waals surface area contributed by atoms with Crippen LogP contribution in [0, 0.1) is 13.8 Å². The fourth-order valence-electron chi connectivity index (χ4n) is 6.77. The van der Waals surface area contributed by atoms with Crippen LogP contribution in [0.15, 0.2) is 48.5 Å². The summed E-state index contributed by atoms with van der Waals surface area (Å²) in [4.78, 5) is 27.5. The Kier molecular flexibility index (Phi) is 17.3. The number of hydrogen-bond acceptors (Lipinski definition) is 2. The first-order valence-electron chi connectivity index (χ1n) is 18.5. The van der Waals surface area contributed by atoms with Gasteiger partial charge in [-0.15, -0.1) is 0 Å². The molecule has 1 N–H and O–H groups in total. The smallest absolute Gasteiger partial charge is 0.226 e. The molecule has 1 fully saturated rings. The van der Waals surface area contributed by atoms with Gasteiger partial charge in [0.1, 0.15) is 11.4 Å². The third-order valence-corrected chi connectivity index (χ3v) is 9.69. The van der Waals surface area contributed by atoms with Crippen LogP contribution in [0.25, 0.3) is 0 Å². The van der Waals surface area contributed by atoms with Crippen molar-refractivity contribution >= 4 is 23.2 Å². The fraction of sp³-hybridized carbons (Fsp3) is 0.650. The lowest BCUT2D eigenvalue weighted by Gasteiger charge is -2.40. The Morgan fingerprint density at radius 3 is 1.60 bits per heavy atom. The third-order valence-electron chi connectivity index (χ3n) is 9.69. The highest BCUT2D eigenvalue weighted by Crippen LogP contribution is 2.37. The van der Waals surface area contributed by atoms with Gasteiger partial charge in [-0.1, -0.05) is 132 Å². The quantitative estimate of drug-likeness (QED) is 0.0940. The molecular weight excluding hydrogens is 554 g/mol. The molecule has 0 bridgehead atoms. The number of aryl methyl sites for hydroxylation is 2. The molecule has 1 heterocycles. The SMILES string of the molecule is CCCCCCCCCCCCCCCCCC(=O)NCCC[N+](CN1CCCC1=O)(c1ccc(C)cc1)c1ccc(C)cc1. The van der Waals surface area contributed by atoms with Gasteiger partial charge in [0, 0.05) is 32.4 Å². The van der Waals surface area contributed by atoms with E-state index in [-0.39, 0.29) is 11.8 Å². The van der Waals surface area contributed by atoms with Gasteiger partial charge in [-0.3, -0.25) is 14.5 Å². The van der Waals surface area contributed by atoms with Crippen molar-refractivity contribution in [2.75, 3.05) is 26.3 Å². The molecular formula is C40H64N3O2+. The van der Waals surface area contributed by atoms with Crippen molar-refractivity contribution in [1.82, 2.24) is 14.7 Å². The normalized spacial score (nSPS) is 13.5. The van der Waals surface area contributed by atoms with Crippen molar-refractivity contribution in [2.45, 2.75) is 143 Å². The molecule has 250 valence electrons. The number of nitrogens with one attached hydrogen (secondary N) is 1. The summed E-state index contributed by atoms with van der Waals surface area (Å²) in [5, 5.41) is 3.20. The number of amides is 2. The van der Waals surface area contributed by atoms with Crippen molar-refractivity contribution in [1.29, 1.82) is 0 Å². The van der Waals surface area contributed by atoms with Crippen LogP contribution < -0.4 is 9.80 Å². The topological polar surface area (TPSA) is 49.4 Å². The minimum Gasteiger partial charge on any atom is -0.356 e. The first-order valence-corrected chi connectivity index (χ1v) is 18.5. The van der Waals surface area contributed by atoms with Gasteiger partial charge in [-0.2, -0.15) is 0 Å². The highest BCUT2D eigenvalue weighted by molar-refractivity contribution is 5.78. The van der Waals surface area contributed by atoms with E-state index in [4.69, 9.17) is 0 Å². The third kappa shape index (κ3) is 13.3. The van der Waals surface area contributed by atoms with E-state index in [0.29, 0.717) is 30.5 Å². The Bertz CT molecular complexity index is 1050. The zero-order chi connectivity index (χ0) is 32.2. The van der Waals surface area contributed by atoms with Gasteiger partial charge in [-0.25, -0.2) is 4.48 Å². The minimum atomic E-state index is 0.170. The van der Waals surface area contributed by atoms with Crippen molar-refractivity contribution in [2.24, 2.45) is 0 Å². The van der Waals surface area contributed by atoms with E-state index in [1.807, 2.05) is 4.90 Å². The molecule has 0 unspecified atom stereocenters. The zero-order valence-corrected chi connectivity index (χ0v) is 29.1. The fourth-order valence-corrected chi connectivity index (χ4v) is 6.77. The molecule has 45 heavy (non-hydrogen) atoms. The largest absolute Gasteiger partial charge is 0.356 e. The van der Waals surface area contributed by atoms with E-state index < -0.39 is 0 Å². The van der Waals surface area contributed by atoms with Crippen LogP contribution in [-0.4, -0.2) is 43.0 Å². The Morgan fingerprint density at radius 2 is 1.16 bits per heavy atom. The van der Waals surface area contributed by atoms with Crippen molar-refractivity contribution in [3.05, 3.63) is 59.7 Å². The van der Waals surface area contributed by atoms with E-state index in [1.165, 1.54) is 106 Å². The average Bonchev–Trinajstić information content (AvgIpc) is 3.44. The van der Waals surface area contributed by atoms with Crippen molar-refractivity contribution in [3.63, 3.8) is 0 Å². The van der Waals surface area contributed by atoms with Gasteiger partial charge in [0.2, 0.25) is 11.8 Å². The average molecular weight is 619 g/mol. The van der Waals surface area contributed by atoms with Gasteiger partial charge in [0.25, 0.3) is 0 Å². The first kappa shape index (κ1) is 36.8. The molecule has 2 aromatic carbocycles.